The number of carbonyl (C=O) groups is 2. The fourth-order valence-corrected chi connectivity index (χ4v) is 2.31. The van der Waals surface area contributed by atoms with Crippen molar-refractivity contribution in [1.29, 1.82) is 0 Å². The Morgan fingerprint density at radius 2 is 1.82 bits per heavy atom. The van der Waals surface area contributed by atoms with Gasteiger partial charge in [0.1, 0.15) is 11.4 Å². The molecule has 0 saturated carbocycles. The number of likely N-dealkylation sites (tertiary alicyclic amines) is 1. The second kappa shape index (κ2) is 5.62. The average Bonchev–Trinajstić information content (AvgIpc) is 2.74. The van der Waals surface area contributed by atoms with Gasteiger partial charge >= 0.3 is 6.09 Å². The van der Waals surface area contributed by atoms with Crippen molar-refractivity contribution >= 4 is 12.0 Å². The van der Waals surface area contributed by atoms with Crippen LogP contribution < -0.4 is 0 Å². The van der Waals surface area contributed by atoms with Crippen molar-refractivity contribution in [3.63, 3.8) is 0 Å². The number of hydrogen-bond donors (Lipinski definition) is 0. The van der Waals surface area contributed by atoms with Gasteiger partial charge in [0, 0.05) is 24.4 Å². The third-order valence-corrected chi connectivity index (χ3v) is 3.23. The second-order valence-corrected chi connectivity index (χ2v) is 6.14. The highest BCUT2D eigenvalue weighted by molar-refractivity contribution is 5.94. The first-order valence-corrected chi connectivity index (χ1v) is 6.77. The smallest absolute Gasteiger partial charge is 0.417 e. The first-order chi connectivity index (χ1) is 10.1. The fourth-order valence-electron chi connectivity index (χ4n) is 2.31. The van der Waals surface area contributed by atoms with Gasteiger partial charge in [-0.3, -0.25) is 4.79 Å². The van der Waals surface area contributed by atoms with Gasteiger partial charge in [-0.15, -0.1) is 0 Å². The van der Waals surface area contributed by atoms with Crippen LogP contribution in [0.5, 0.6) is 0 Å². The van der Waals surface area contributed by atoms with Crippen LogP contribution in [0.2, 0.25) is 0 Å². The van der Waals surface area contributed by atoms with Crippen LogP contribution in [0.25, 0.3) is 0 Å². The second-order valence-electron chi connectivity index (χ2n) is 6.14. The van der Waals surface area contributed by atoms with Crippen molar-refractivity contribution in [2.75, 3.05) is 6.54 Å². The van der Waals surface area contributed by atoms with Gasteiger partial charge in [0.25, 0.3) is 0 Å². The van der Waals surface area contributed by atoms with Crippen LogP contribution in [0.4, 0.5) is 18.0 Å². The van der Waals surface area contributed by atoms with Crippen molar-refractivity contribution in [3.05, 3.63) is 35.1 Å². The lowest BCUT2D eigenvalue weighted by Gasteiger charge is -2.23. The Kier molecular flexibility index (Phi) is 4.17. The van der Waals surface area contributed by atoms with E-state index < -0.39 is 46.5 Å². The summed E-state index contributed by atoms with van der Waals surface area (Å²) >= 11 is 0. The quantitative estimate of drug-likeness (QED) is 0.747. The summed E-state index contributed by atoms with van der Waals surface area (Å²) in [7, 11) is 0. The zero-order valence-corrected chi connectivity index (χ0v) is 12.5. The van der Waals surface area contributed by atoms with Gasteiger partial charge < -0.3 is 4.74 Å². The molecule has 4 nitrogen and oxygen atoms in total. The van der Waals surface area contributed by atoms with Crippen molar-refractivity contribution in [3.8, 4) is 0 Å². The van der Waals surface area contributed by atoms with E-state index in [9.17, 15) is 22.8 Å². The van der Waals surface area contributed by atoms with Crippen LogP contribution in [0.1, 0.15) is 38.7 Å². The summed E-state index contributed by atoms with van der Waals surface area (Å²) in [5, 5.41) is 0. The molecule has 0 unspecified atom stereocenters. The maximum atomic E-state index is 13.8. The fraction of sp³-hybridized carbons (Fsp3) is 0.467. The van der Waals surface area contributed by atoms with E-state index in [1.165, 1.54) is 0 Å². The van der Waals surface area contributed by atoms with Crippen molar-refractivity contribution in [2.45, 2.75) is 38.7 Å². The Hall–Kier alpha value is -2.05. The monoisotopic (exact) mass is 315 g/mol. The van der Waals surface area contributed by atoms with Gasteiger partial charge in [0.2, 0.25) is 5.91 Å². The van der Waals surface area contributed by atoms with E-state index in [0.29, 0.717) is 6.07 Å². The summed E-state index contributed by atoms with van der Waals surface area (Å²) < 4.78 is 45.9. The molecule has 1 aromatic rings. The van der Waals surface area contributed by atoms with Crippen LogP contribution in [-0.2, 0) is 9.53 Å². The van der Waals surface area contributed by atoms with E-state index >= 15 is 0 Å². The Bertz CT molecular complexity index is 625. The number of imide groups is 1. The molecule has 0 radical (unpaired) electrons. The Balaban J connectivity index is 2.23. The highest BCUT2D eigenvalue weighted by Gasteiger charge is 2.39. The highest BCUT2D eigenvalue weighted by atomic mass is 19.2. The van der Waals surface area contributed by atoms with E-state index in [-0.39, 0.29) is 13.0 Å². The summed E-state index contributed by atoms with van der Waals surface area (Å²) in [6, 6.07) is 1.48. The molecule has 0 bridgehead atoms. The zero-order chi connectivity index (χ0) is 16.7. The van der Waals surface area contributed by atoms with Crippen LogP contribution in [-0.4, -0.2) is 29.0 Å². The molecular weight excluding hydrogens is 299 g/mol. The minimum atomic E-state index is -1.33. The number of nitrogens with zero attached hydrogens (tertiary/aromatic N) is 1. The first-order valence-electron chi connectivity index (χ1n) is 6.77. The Labute approximate surface area is 125 Å². The molecule has 2 rings (SSSR count). The highest BCUT2D eigenvalue weighted by Crippen LogP contribution is 2.33. The molecule has 0 aliphatic carbocycles. The maximum Gasteiger partial charge on any atom is 0.417 e. The van der Waals surface area contributed by atoms with Gasteiger partial charge in [-0.2, -0.15) is 0 Å². The predicted molar refractivity (Wildman–Crippen MR) is 71.6 cm³/mol. The molecule has 0 aromatic heterocycles. The minimum absolute atomic E-state index is 0.245. The minimum Gasteiger partial charge on any atom is -0.443 e. The molecule has 0 spiro atoms. The lowest BCUT2D eigenvalue weighted by atomic mass is 9.97. The molecule has 1 aliphatic heterocycles. The molecule has 7 heteroatoms. The number of rotatable bonds is 1. The number of hydrogen-bond acceptors (Lipinski definition) is 3. The maximum absolute atomic E-state index is 13.8. The average molecular weight is 315 g/mol. The molecular formula is C15H16F3NO3. The van der Waals surface area contributed by atoms with E-state index in [0.717, 1.165) is 11.0 Å². The Morgan fingerprint density at radius 3 is 2.41 bits per heavy atom. The summed E-state index contributed by atoms with van der Waals surface area (Å²) in [5.41, 5.74) is -1.32. The molecule has 22 heavy (non-hydrogen) atoms. The SMILES string of the molecule is CC(C)(C)OC(=O)N1C[C@@H](c2c(F)ccc(F)c2F)CC1=O. The lowest BCUT2D eigenvalue weighted by Crippen LogP contribution is -2.37. The van der Waals surface area contributed by atoms with E-state index in [1.54, 1.807) is 20.8 Å². The normalized spacial score (nSPS) is 18.7. The van der Waals surface area contributed by atoms with Gasteiger partial charge in [-0.25, -0.2) is 22.9 Å². The van der Waals surface area contributed by atoms with Crippen molar-refractivity contribution in [1.82, 2.24) is 4.90 Å². The number of ether oxygens (including phenoxy) is 1. The van der Waals surface area contributed by atoms with E-state index in [4.69, 9.17) is 4.74 Å². The molecule has 1 aliphatic rings. The number of amides is 2. The van der Waals surface area contributed by atoms with Crippen LogP contribution in [0.15, 0.2) is 12.1 Å². The van der Waals surface area contributed by atoms with Gasteiger partial charge in [0.15, 0.2) is 11.6 Å². The van der Waals surface area contributed by atoms with Crippen LogP contribution in [0, 0.1) is 17.5 Å². The molecule has 2 amide bonds. The number of benzene rings is 1. The molecule has 1 fully saturated rings. The topological polar surface area (TPSA) is 46.6 Å². The Morgan fingerprint density at radius 1 is 1.23 bits per heavy atom. The van der Waals surface area contributed by atoms with Gasteiger partial charge in [-0.05, 0) is 32.9 Å². The molecule has 1 aromatic carbocycles. The lowest BCUT2D eigenvalue weighted by molar-refractivity contribution is -0.126. The van der Waals surface area contributed by atoms with Gasteiger partial charge in [0.05, 0.1) is 0 Å². The van der Waals surface area contributed by atoms with Crippen LogP contribution in [0.3, 0.4) is 0 Å². The number of carbonyl (C=O) groups excluding carboxylic acids is 2. The van der Waals surface area contributed by atoms with Crippen molar-refractivity contribution < 1.29 is 27.5 Å². The summed E-state index contributed by atoms with van der Waals surface area (Å²) in [4.78, 5) is 24.6. The standard InChI is InChI=1S/C15H16F3NO3/c1-15(2,3)22-14(21)19-7-8(6-11(19)20)12-9(16)4-5-10(17)13(12)18/h4-5,8H,6-7H2,1-3H3/t8-/m0/s1. The molecule has 120 valence electrons. The molecule has 1 atom stereocenters. The first kappa shape index (κ1) is 16.3. The molecule has 1 saturated heterocycles. The third-order valence-electron chi connectivity index (χ3n) is 3.23. The van der Waals surface area contributed by atoms with Crippen molar-refractivity contribution in [2.24, 2.45) is 0 Å². The van der Waals surface area contributed by atoms with E-state index in [1.807, 2.05) is 0 Å². The van der Waals surface area contributed by atoms with Gasteiger partial charge in [-0.1, -0.05) is 0 Å². The molecule has 1 heterocycles. The largest absolute Gasteiger partial charge is 0.443 e. The van der Waals surface area contributed by atoms with E-state index in [2.05, 4.69) is 0 Å². The van der Waals surface area contributed by atoms with Crippen LogP contribution >= 0.6 is 0 Å². The summed E-state index contributed by atoms with van der Waals surface area (Å²) in [6.45, 7) is 4.66. The number of halogens is 3. The predicted octanol–water partition coefficient (Wildman–Crippen LogP) is 3.35. The summed E-state index contributed by atoms with van der Waals surface area (Å²) in [6.07, 6.45) is -1.16. The molecule has 0 N–H and O–H groups in total. The summed E-state index contributed by atoms with van der Waals surface area (Å²) in [5.74, 6) is -5.01. The third kappa shape index (κ3) is 3.23. The zero-order valence-electron chi connectivity index (χ0n) is 12.5.